The van der Waals surface area contributed by atoms with Crippen molar-refractivity contribution in [1.29, 1.82) is 0 Å². The molecule has 0 radical (unpaired) electrons. The van der Waals surface area contributed by atoms with Crippen LogP contribution >= 0.6 is 0 Å². The first-order valence-corrected chi connectivity index (χ1v) is 9.88. The highest BCUT2D eigenvalue weighted by Gasteiger charge is 2.72. The molecule has 1 N–H and O–H groups in total. The second-order valence-electron chi connectivity index (χ2n) is 8.69. The number of hydrogen-bond acceptors (Lipinski definition) is 7. The minimum Gasteiger partial charge on any atom is -0.432 e. The minimum atomic E-state index is -0.774. The Morgan fingerprint density at radius 1 is 1.23 bits per heavy atom. The molecule has 0 atom stereocenters. The molecule has 2 heterocycles. The molecule has 4 saturated carbocycles. The maximum atomic E-state index is 13.3. The molecule has 1 aromatic carbocycles. The maximum absolute atomic E-state index is 13.3. The van der Waals surface area contributed by atoms with Gasteiger partial charge in [0.25, 0.3) is 5.89 Å². The minimum absolute atomic E-state index is 0.0767. The number of oxazole rings is 1. The van der Waals surface area contributed by atoms with Gasteiger partial charge in [-0.25, -0.2) is 13.8 Å². The number of carbonyl (C=O) groups is 1. The Labute approximate surface area is 169 Å². The average Bonchev–Trinajstić information content (AvgIpc) is 3.26. The number of fused-ring (bicyclic) bond motifs is 1. The van der Waals surface area contributed by atoms with Crippen LogP contribution in [0.4, 0.5) is 8.78 Å². The van der Waals surface area contributed by atoms with Crippen molar-refractivity contribution in [3.63, 3.8) is 0 Å². The van der Waals surface area contributed by atoms with Crippen LogP contribution in [0.15, 0.2) is 27.0 Å². The fraction of sp³-hybridized carbons (Fsp3) is 0.500. The molecule has 0 spiro atoms. The summed E-state index contributed by atoms with van der Waals surface area (Å²) < 4.78 is 41.7. The van der Waals surface area contributed by atoms with Gasteiger partial charge in [0.2, 0.25) is 11.8 Å². The molecule has 4 aliphatic rings. The van der Waals surface area contributed by atoms with Crippen molar-refractivity contribution in [3.8, 4) is 0 Å². The summed E-state index contributed by atoms with van der Waals surface area (Å²) >= 11 is 0. The Hall–Kier alpha value is -2.88. The van der Waals surface area contributed by atoms with Gasteiger partial charge in [0, 0.05) is 17.5 Å². The highest BCUT2D eigenvalue weighted by atomic mass is 19.1. The molecule has 3 aromatic rings. The Balaban J connectivity index is 1.09. The highest BCUT2D eigenvalue weighted by molar-refractivity contribution is 5.93. The van der Waals surface area contributed by atoms with Crippen LogP contribution in [0.5, 0.6) is 0 Å². The van der Waals surface area contributed by atoms with E-state index in [-0.39, 0.29) is 28.9 Å². The summed E-state index contributed by atoms with van der Waals surface area (Å²) in [5.74, 6) is 0.359. The summed E-state index contributed by atoms with van der Waals surface area (Å²) in [6, 6.07) is 3.94. The van der Waals surface area contributed by atoms with Crippen molar-refractivity contribution in [2.75, 3.05) is 6.86 Å². The van der Waals surface area contributed by atoms with E-state index < -0.39 is 18.6 Å². The van der Waals surface area contributed by atoms with E-state index in [4.69, 9.17) is 13.6 Å². The van der Waals surface area contributed by atoms with Gasteiger partial charge in [0.1, 0.15) is 11.3 Å². The van der Waals surface area contributed by atoms with E-state index in [1.54, 1.807) is 0 Å². The Bertz CT molecular complexity index is 1130. The molecule has 2 bridgehead atoms. The van der Waals surface area contributed by atoms with E-state index >= 15 is 0 Å². The molecule has 156 valence electrons. The summed E-state index contributed by atoms with van der Waals surface area (Å²) in [4.78, 5) is 16.6. The molecule has 30 heavy (non-hydrogen) atoms. The normalized spacial score (nSPS) is 31.7. The van der Waals surface area contributed by atoms with Gasteiger partial charge in [-0.3, -0.25) is 4.79 Å². The molecule has 4 fully saturated rings. The zero-order valence-corrected chi connectivity index (χ0v) is 15.9. The van der Waals surface area contributed by atoms with E-state index in [1.165, 1.54) is 18.2 Å². The van der Waals surface area contributed by atoms with Gasteiger partial charge in [-0.1, -0.05) is 0 Å². The monoisotopic (exact) mass is 416 g/mol. The van der Waals surface area contributed by atoms with Crippen LogP contribution in [0, 0.1) is 5.82 Å². The quantitative estimate of drug-likeness (QED) is 0.658. The number of ether oxygens (including phenoxy) is 1. The van der Waals surface area contributed by atoms with Gasteiger partial charge >= 0.3 is 5.91 Å². The van der Waals surface area contributed by atoms with E-state index in [9.17, 15) is 13.6 Å². The van der Waals surface area contributed by atoms with E-state index in [2.05, 4.69) is 20.5 Å². The van der Waals surface area contributed by atoms with Gasteiger partial charge in [0.15, 0.2) is 12.4 Å². The molecule has 0 aliphatic heterocycles. The average molecular weight is 416 g/mol. The van der Waals surface area contributed by atoms with Gasteiger partial charge in [-0.2, -0.15) is 0 Å². The number of rotatable bonds is 6. The lowest BCUT2D eigenvalue weighted by atomic mass is 9.39. The molecule has 0 saturated heterocycles. The lowest BCUT2D eigenvalue weighted by Crippen LogP contribution is -2.76. The number of halogens is 2. The van der Waals surface area contributed by atoms with Crippen LogP contribution in [0.3, 0.4) is 0 Å². The van der Waals surface area contributed by atoms with Crippen molar-refractivity contribution in [2.24, 2.45) is 0 Å². The molecular weight excluding hydrogens is 398 g/mol. The maximum Gasteiger partial charge on any atom is 0.307 e. The van der Waals surface area contributed by atoms with Crippen molar-refractivity contribution < 1.29 is 27.1 Å². The molecule has 2 aromatic heterocycles. The van der Waals surface area contributed by atoms with Gasteiger partial charge in [-0.15, -0.1) is 10.2 Å². The van der Waals surface area contributed by atoms with Crippen LogP contribution in [-0.4, -0.2) is 39.6 Å². The molecule has 7 rings (SSSR count). The molecule has 10 heteroatoms. The van der Waals surface area contributed by atoms with Crippen LogP contribution < -0.4 is 5.32 Å². The first-order chi connectivity index (χ1) is 14.5. The first-order valence-electron chi connectivity index (χ1n) is 9.88. The van der Waals surface area contributed by atoms with Crippen LogP contribution in [0.25, 0.3) is 11.1 Å². The Morgan fingerprint density at radius 2 is 2.03 bits per heavy atom. The van der Waals surface area contributed by atoms with Gasteiger partial charge < -0.3 is 18.9 Å². The predicted octanol–water partition coefficient (Wildman–Crippen LogP) is 3.14. The number of nitrogens with one attached hydrogen (secondary N) is 1. The van der Waals surface area contributed by atoms with Crippen molar-refractivity contribution in [1.82, 2.24) is 20.5 Å². The number of carbonyl (C=O) groups excluding carboxylic acids is 1. The fourth-order valence-electron chi connectivity index (χ4n) is 5.05. The number of aromatic nitrogens is 3. The SMILES string of the molecule is O=C(NC12CC(c3nnc(C4CC(OCF)C4)o3)(C1)C2)c1nc2cc(F)ccc2o1. The molecular formula is C20H18F2N4O4. The van der Waals surface area contributed by atoms with Crippen molar-refractivity contribution in [2.45, 2.75) is 55.1 Å². The van der Waals surface area contributed by atoms with E-state index in [1.807, 2.05) is 0 Å². The lowest BCUT2D eigenvalue weighted by Gasteiger charge is -2.68. The fourth-order valence-corrected chi connectivity index (χ4v) is 5.05. The zero-order chi connectivity index (χ0) is 20.5. The second-order valence-corrected chi connectivity index (χ2v) is 8.69. The molecule has 8 nitrogen and oxygen atoms in total. The van der Waals surface area contributed by atoms with E-state index in [0.717, 1.165) is 0 Å². The summed E-state index contributed by atoms with van der Waals surface area (Å²) in [7, 11) is 0. The lowest BCUT2D eigenvalue weighted by molar-refractivity contribution is -0.0980. The number of amides is 1. The third kappa shape index (κ3) is 2.59. The molecule has 4 aliphatic carbocycles. The third-order valence-corrected chi connectivity index (χ3v) is 6.59. The highest BCUT2D eigenvalue weighted by Crippen LogP contribution is 2.67. The largest absolute Gasteiger partial charge is 0.432 e. The first kappa shape index (κ1) is 17.9. The smallest absolute Gasteiger partial charge is 0.307 e. The standard InChI is InChI=1S/C20H18F2N4O4/c21-9-28-12-3-10(4-12)16-25-26-18(30-16)19-6-20(7-19,8-19)24-15(27)17-23-13-5-11(22)1-2-14(13)29-17/h1-2,5,10,12H,3-4,6-9H2,(H,24,27). The molecule has 0 unspecified atom stereocenters. The summed E-state index contributed by atoms with van der Waals surface area (Å²) in [5, 5.41) is 11.4. The van der Waals surface area contributed by atoms with E-state index in [0.29, 0.717) is 55.0 Å². The van der Waals surface area contributed by atoms with Crippen LogP contribution in [0.2, 0.25) is 0 Å². The van der Waals surface area contributed by atoms with Gasteiger partial charge in [0.05, 0.1) is 11.5 Å². The Morgan fingerprint density at radius 3 is 2.80 bits per heavy atom. The van der Waals surface area contributed by atoms with Crippen LogP contribution in [0.1, 0.15) is 60.5 Å². The predicted molar refractivity (Wildman–Crippen MR) is 96.8 cm³/mol. The van der Waals surface area contributed by atoms with Crippen molar-refractivity contribution in [3.05, 3.63) is 41.7 Å². The van der Waals surface area contributed by atoms with Gasteiger partial charge in [-0.05, 0) is 44.2 Å². The zero-order valence-electron chi connectivity index (χ0n) is 15.9. The number of benzene rings is 1. The van der Waals surface area contributed by atoms with Crippen LogP contribution in [-0.2, 0) is 10.2 Å². The second kappa shape index (κ2) is 6.07. The summed E-state index contributed by atoms with van der Waals surface area (Å²) in [6.07, 6.45) is 3.42. The topological polar surface area (TPSA) is 103 Å². The Kier molecular flexibility index (Phi) is 3.63. The summed E-state index contributed by atoms with van der Waals surface area (Å²) in [6.45, 7) is -0.774. The van der Waals surface area contributed by atoms with Crippen molar-refractivity contribution >= 4 is 17.0 Å². The number of nitrogens with zero attached hydrogens (tertiary/aromatic N) is 3. The number of hydrogen-bond donors (Lipinski definition) is 1. The molecule has 1 amide bonds. The number of alkyl halides is 1. The third-order valence-electron chi connectivity index (χ3n) is 6.59. The summed E-state index contributed by atoms with van der Waals surface area (Å²) in [5.41, 5.74) is 0.155.